The van der Waals surface area contributed by atoms with Crippen LogP contribution in [0.5, 0.6) is 0 Å². The molecule has 3 amide bonds. The van der Waals surface area contributed by atoms with E-state index in [-0.39, 0.29) is 35.9 Å². The molecule has 7 nitrogen and oxygen atoms in total. The Morgan fingerprint density at radius 3 is 2.58 bits per heavy atom. The van der Waals surface area contributed by atoms with Crippen molar-refractivity contribution in [2.75, 3.05) is 6.54 Å². The van der Waals surface area contributed by atoms with Crippen molar-refractivity contribution in [3.8, 4) is 0 Å². The van der Waals surface area contributed by atoms with E-state index in [1.807, 2.05) is 13.8 Å². The Morgan fingerprint density at radius 1 is 1.33 bits per heavy atom. The van der Waals surface area contributed by atoms with E-state index in [9.17, 15) is 19.2 Å². The lowest BCUT2D eigenvalue weighted by Crippen LogP contribution is -2.53. The third-order valence-corrected chi connectivity index (χ3v) is 5.08. The maximum Gasteiger partial charge on any atom is 0.245 e. The molecule has 1 saturated heterocycles. The molecule has 0 unspecified atom stereocenters. The Morgan fingerprint density at radius 2 is 2.04 bits per heavy atom. The van der Waals surface area contributed by atoms with Crippen molar-refractivity contribution in [2.24, 2.45) is 17.6 Å². The maximum absolute atomic E-state index is 12.8. The van der Waals surface area contributed by atoms with E-state index < -0.39 is 18.0 Å². The quantitative estimate of drug-likeness (QED) is 0.729. The van der Waals surface area contributed by atoms with Crippen molar-refractivity contribution in [3.63, 3.8) is 0 Å². The summed E-state index contributed by atoms with van der Waals surface area (Å²) in [5.41, 5.74) is 5.38. The molecule has 7 heteroatoms. The highest BCUT2D eigenvalue weighted by atomic mass is 16.2. The predicted octanol–water partition coefficient (Wildman–Crippen LogP) is 0.363. The number of nitrogens with two attached hydrogens (primary N) is 1. The minimum Gasteiger partial charge on any atom is -0.368 e. The van der Waals surface area contributed by atoms with Crippen LogP contribution < -0.4 is 11.1 Å². The van der Waals surface area contributed by atoms with Gasteiger partial charge in [0.05, 0.1) is 0 Å². The minimum atomic E-state index is -0.662. The van der Waals surface area contributed by atoms with E-state index in [1.54, 1.807) is 0 Å². The van der Waals surface area contributed by atoms with Gasteiger partial charge in [-0.15, -0.1) is 0 Å². The van der Waals surface area contributed by atoms with Gasteiger partial charge in [0.1, 0.15) is 17.9 Å². The molecule has 4 atom stereocenters. The van der Waals surface area contributed by atoms with Gasteiger partial charge in [-0.3, -0.25) is 19.2 Å². The zero-order valence-electron chi connectivity index (χ0n) is 14.4. The summed E-state index contributed by atoms with van der Waals surface area (Å²) in [6.45, 7) is 4.31. The molecular formula is C17H27N3O4. The highest BCUT2D eigenvalue weighted by molar-refractivity contribution is 5.95. The van der Waals surface area contributed by atoms with Crippen LogP contribution in [-0.4, -0.2) is 47.0 Å². The zero-order chi connectivity index (χ0) is 17.9. The number of rotatable bonds is 6. The SMILES string of the molecule is CCC[C@H](NC(=O)[C@H]1CC(=O)C[C@H]1C)C(=O)N1CCC[C@H]1C(N)=O. The van der Waals surface area contributed by atoms with Gasteiger partial charge in [0.25, 0.3) is 0 Å². The molecule has 0 spiro atoms. The lowest BCUT2D eigenvalue weighted by molar-refractivity contribution is -0.141. The van der Waals surface area contributed by atoms with E-state index in [0.717, 1.165) is 12.8 Å². The predicted molar refractivity (Wildman–Crippen MR) is 87.7 cm³/mol. The van der Waals surface area contributed by atoms with Gasteiger partial charge in [-0.25, -0.2) is 0 Å². The zero-order valence-corrected chi connectivity index (χ0v) is 14.4. The molecule has 24 heavy (non-hydrogen) atoms. The van der Waals surface area contributed by atoms with Crippen molar-refractivity contribution in [1.29, 1.82) is 0 Å². The standard InChI is InChI=1S/C17H27N3O4/c1-3-5-13(17(24)20-7-4-6-14(20)15(18)22)19-16(23)12-9-11(21)8-10(12)2/h10,12-14H,3-9H2,1-2H3,(H2,18,22)(H,19,23)/t10-,12+,13+,14+/m1/s1. The first-order chi connectivity index (χ1) is 11.3. The topological polar surface area (TPSA) is 110 Å². The van der Waals surface area contributed by atoms with Gasteiger partial charge in [0.2, 0.25) is 17.7 Å². The van der Waals surface area contributed by atoms with Crippen molar-refractivity contribution >= 4 is 23.5 Å². The Balaban J connectivity index is 2.05. The van der Waals surface area contributed by atoms with Gasteiger partial charge in [-0.2, -0.15) is 0 Å². The minimum absolute atomic E-state index is 0.0000308. The van der Waals surface area contributed by atoms with Gasteiger partial charge >= 0.3 is 0 Å². The third kappa shape index (κ3) is 3.94. The van der Waals surface area contributed by atoms with Crippen LogP contribution in [0.15, 0.2) is 0 Å². The summed E-state index contributed by atoms with van der Waals surface area (Å²) in [6, 6.07) is -1.24. The Hall–Kier alpha value is -1.92. The van der Waals surface area contributed by atoms with Gasteiger partial charge in [0.15, 0.2) is 0 Å². The number of nitrogens with zero attached hydrogens (tertiary/aromatic N) is 1. The van der Waals surface area contributed by atoms with E-state index >= 15 is 0 Å². The molecule has 0 aromatic carbocycles. The fourth-order valence-corrected chi connectivity index (χ4v) is 3.73. The Bertz CT molecular complexity index is 534. The Kier molecular flexibility index (Phi) is 5.96. The molecule has 2 fully saturated rings. The maximum atomic E-state index is 12.8. The number of hydrogen-bond donors (Lipinski definition) is 2. The molecule has 3 N–H and O–H groups in total. The number of Topliss-reactive ketones (excluding diaryl/α,β-unsaturated/α-hetero) is 1. The molecule has 134 valence electrons. The summed E-state index contributed by atoms with van der Waals surface area (Å²) in [7, 11) is 0. The van der Waals surface area contributed by atoms with E-state index in [2.05, 4.69) is 5.32 Å². The molecule has 1 aliphatic heterocycles. The molecule has 1 heterocycles. The molecule has 2 rings (SSSR count). The summed E-state index contributed by atoms with van der Waals surface area (Å²) < 4.78 is 0. The first kappa shape index (κ1) is 18.4. The molecule has 0 radical (unpaired) electrons. The van der Waals surface area contributed by atoms with Gasteiger partial charge < -0.3 is 16.0 Å². The van der Waals surface area contributed by atoms with Gasteiger partial charge in [-0.1, -0.05) is 20.3 Å². The number of hydrogen-bond acceptors (Lipinski definition) is 4. The van der Waals surface area contributed by atoms with Crippen LogP contribution in [0.25, 0.3) is 0 Å². The first-order valence-electron chi connectivity index (χ1n) is 8.77. The summed E-state index contributed by atoms with van der Waals surface area (Å²) >= 11 is 0. The number of carbonyl (C=O) groups excluding carboxylic acids is 4. The van der Waals surface area contributed by atoms with E-state index in [0.29, 0.717) is 25.8 Å². The number of amides is 3. The summed E-state index contributed by atoms with van der Waals surface area (Å²) in [5, 5.41) is 2.81. The second-order valence-electron chi connectivity index (χ2n) is 6.97. The smallest absolute Gasteiger partial charge is 0.245 e. The summed E-state index contributed by atoms with van der Waals surface area (Å²) in [6.07, 6.45) is 3.20. The number of nitrogens with one attached hydrogen (secondary N) is 1. The van der Waals surface area contributed by atoms with Crippen LogP contribution in [0, 0.1) is 11.8 Å². The van der Waals surface area contributed by atoms with Crippen LogP contribution in [-0.2, 0) is 19.2 Å². The fourth-order valence-electron chi connectivity index (χ4n) is 3.73. The van der Waals surface area contributed by atoms with Gasteiger partial charge in [-0.05, 0) is 25.2 Å². The van der Waals surface area contributed by atoms with Crippen molar-refractivity contribution in [2.45, 2.75) is 64.5 Å². The van der Waals surface area contributed by atoms with Crippen LogP contribution in [0.3, 0.4) is 0 Å². The fraction of sp³-hybridized carbons (Fsp3) is 0.765. The summed E-state index contributed by atoms with van der Waals surface area (Å²) in [4.78, 5) is 49.8. The number of carbonyl (C=O) groups is 4. The number of likely N-dealkylation sites (tertiary alicyclic amines) is 1. The monoisotopic (exact) mass is 337 g/mol. The van der Waals surface area contributed by atoms with Crippen LogP contribution >= 0.6 is 0 Å². The number of primary amides is 1. The Labute approximate surface area is 142 Å². The molecule has 2 aliphatic rings. The first-order valence-corrected chi connectivity index (χ1v) is 8.77. The van der Waals surface area contributed by atoms with Crippen molar-refractivity contribution in [1.82, 2.24) is 10.2 Å². The van der Waals surface area contributed by atoms with Crippen molar-refractivity contribution < 1.29 is 19.2 Å². The number of ketones is 1. The third-order valence-electron chi connectivity index (χ3n) is 5.08. The molecule has 1 aliphatic carbocycles. The molecular weight excluding hydrogens is 310 g/mol. The van der Waals surface area contributed by atoms with Crippen LogP contribution in [0.2, 0.25) is 0 Å². The second kappa shape index (κ2) is 7.77. The summed E-state index contributed by atoms with van der Waals surface area (Å²) in [5.74, 6) is -1.26. The normalized spacial score (nSPS) is 28.0. The largest absolute Gasteiger partial charge is 0.368 e. The van der Waals surface area contributed by atoms with E-state index in [1.165, 1.54) is 4.90 Å². The van der Waals surface area contributed by atoms with Gasteiger partial charge in [0, 0.05) is 25.3 Å². The highest BCUT2D eigenvalue weighted by Gasteiger charge is 2.39. The van der Waals surface area contributed by atoms with Crippen LogP contribution in [0.1, 0.15) is 52.4 Å². The second-order valence-corrected chi connectivity index (χ2v) is 6.97. The lowest BCUT2D eigenvalue weighted by Gasteiger charge is -2.28. The molecule has 1 saturated carbocycles. The lowest BCUT2D eigenvalue weighted by atomic mass is 9.96. The molecule has 0 aromatic heterocycles. The molecule has 0 aromatic rings. The highest BCUT2D eigenvalue weighted by Crippen LogP contribution is 2.29. The molecule has 0 bridgehead atoms. The average molecular weight is 337 g/mol. The van der Waals surface area contributed by atoms with E-state index in [4.69, 9.17) is 5.73 Å². The van der Waals surface area contributed by atoms with Crippen LogP contribution in [0.4, 0.5) is 0 Å². The van der Waals surface area contributed by atoms with Crippen molar-refractivity contribution in [3.05, 3.63) is 0 Å². The average Bonchev–Trinajstić information content (AvgIpc) is 3.12.